The summed E-state index contributed by atoms with van der Waals surface area (Å²) in [6, 6.07) is 15.2. The van der Waals surface area contributed by atoms with E-state index >= 15 is 0 Å². The van der Waals surface area contributed by atoms with Gasteiger partial charge in [-0.3, -0.25) is 4.79 Å². The normalized spacial score (nSPS) is 12.2. The van der Waals surface area contributed by atoms with Crippen LogP contribution in [-0.2, 0) is 11.2 Å². The van der Waals surface area contributed by atoms with Gasteiger partial charge in [0.1, 0.15) is 0 Å². The number of rotatable bonds is 6. The molecule has 5 heteroatoms. The van der Waals surface area contributed by atoms with Crippen molar-refractivity contribution in [3.05, 3.63) is 64.7 Å². The molecule has 0 aliphatic rings. The second-order valence-electron chi connectivity index (χ2n) is 5.75. The Labute approximate surface area is 142 Å². The Bertz CT molecular complexity index is 638. The van der Waals surface area contributed by atoms with Crippen molar-refractivity contribution in [2.45, 2.75) is 12.5 Å². The lowest BCUT2D eigenvalue weighted by molar-refractivity contribution is -0.120. The van der Waals surface area contributed by atoms with E-state index in [1.165, 1.54) is 0 Å². The first kappa shape index (κ1) is 17.3. The molecule has 0 fully saturated rings. The van der Waals surface area contributed by atoms with Gasteiger partial charge in [0.2, 0.25) is 5.91 Å². The van der Waals surface area contributed by atoms with Crippen molar-refractivity contribution in [2.24, 2.45) is 0 Å². The topological polar surface area (TPSA) is 58.4 Å². The smallest absolute Gasteiger partial charge is 0.224 e. The number of anilines is 1. The lowest BCUT2D eigenvalue weighted by Crippen LogP contribution is -2.35. The summed E-state index contributed by atoms with van der Waals surface area (Å²) >= 11 is 5.93. The monoisotopic (exact) mass is 331 g/mol. The van der Waals surface area contributed by atoms with Crippen molar-refractivity contribution in [2.75, 3.05) is 26.4 Å². The summed E-state index contributed by atoms with van der Waals surface area (Å²) in [7, 11) is 3.98. The third-order valence-electron chi connectivity index (χ3n) is 3.72. The van der Waals surface area contributed by atoms with Crippen LogP contribution in [0.5, 0.6) is 0 Å². The van der Waals surface area contributed by atoms with Crippen molar-refractivity contribution in [1.29, 1.82) is 0 Å². The maximum Gasteiger partial charge on any atom is 0.224 e. The highest BCUT2D eigenvalue weighted by Crippen LogP contribution is 2.19. The van der Waals surface area contributed by atoms with Gasteiger partial charge in [0, 0.05) is 17.3 Å². The van der Waals surface area contributed by atoms with Crippen LogP contribution in [0.2, 0.25) is 5.02 Å². The molecule has 23 heavy (non-hydrogen) atoms. The molecule has 0 saturated carbocycles. The Morgan fingerprint density at radius 3 is 2.30 bits per heavy atom. The summed E-state index contributed by atoms with van der Waals surface area (Å²) in [4.78, 5) is 14.2. The Hall–Kier alpha value is -2.04. The second kappa shape index (κ2) is 7.99. The molecule has 0 bridgehead atoms. The molecule has 0 radical (unpaired) electrons. The number of likely N-dealkylation sites (N-methyl/N-ethyl adjacent to an activating group) is 1. The van der Waals surface area contributed by atoms with Gasteiger partial charge in [0.05, 0.1) is 12.5 Å². The first-order chi connectivity index (χ1) is 11.0. The fourth-order valence-electron chi connectivity index (χ4n) is 2.38. The van der Waals surface area contributed by atoms with E-state index in [0.29, 0.717) is 23.7 Å². The van der Waals surface area contributed by atoms with E-state index in [0.717, 1.165) is 11.1 Å². The number of amides is 1. The fourth-order valence-corrected chi connectivity index (χ4v) is 2.50. The molecular weight excluding hydrogens is 310 g/mol. The Balaban J connectivity index is 1.94. The largest absolute Gasteiger partial charge is 0.399 e. The zero-order chi connectivity index (χ0) is 16.8. The molecule has 0 aromatic heterocycles. The third-order valence-corrected chi connectivity index (χ3v) is 3.97. The highest BCUT2D eigenvalue weighted by molar-refractivity contribution is 6.30. The second-order valence-corrected chi connectivity index (χ2v) is 6.19. The molecule has 2 aromatic carbocycles. The van der Waals surface area contributed by atoms with E-state index in [4.69, 9.17) is 17.3 Å². The summed E-state index contributed by atoms with van der Waals surface area (Å²) < 4.78 is 0. The van der Waals surface area contributed by atoms with Crippen LogP contribution in [0.4, 0.5) is 5.69 Å². The van der Waals surface area contributed by atoms with Gasteiger partial charge in [0.15, 0.2) is 0 Å². The van der Waals surface area contributed by atoms with Crippen LogP contribution in [-0.4, -0.2) is 31.4 Å². The summed E-state index contributed by atoms with van der Waals surface area (Å²) in [5.41, 5.74) is 8.41. The number of carbonyl (C=O) groups excluding carboxylic acids is 1. The highest BCUT2D eigenvalue weighted by Gasteiger charge is 2.15. The van der Waals surface area contributed by atoms with Gasteiger partial charge in [-0.05, 0) is 49.5 Å². The standard InChI is InChI=1S/C18H22ClN3O/c1-22(2)17(14-5-7-15(19)8-6-14)12-21-18(23)11-13-3-9-16(20)10-4-13/h3-10,17H,11-12,20H2,1-2H3,(H,21,23). The van der Waals surface area contributed by atoms with Gasteiger partial charge in [-0.1, -0.05) is 35.9 Å². The van der Waals surface area contributed by atoms with Crippen molar-refractivity contribution in [1.82, 2.24) is 10.2 Å². The average molecular weight is 332 g/mol. The number of halogens is 1. The summed E-state index contributed by atoms with van der Waals surface area (Å²) in [6.45, 7) is 0.544. The van der Waals surface area contributed by atoms with Crippen LogP contribution in [0.15, 0.2) is 48.5 Å². The maximum absolute atomic E-state index is 12.1. The van der Waals surface area contributed by atoms with E-state index in [1.54, 1.807) is 12.1 Å². The highest BCUT2D eigenvalue weighted by atomic mass is 35.5. The van der Waals surface area contributed by atoms with Gasteiger partial charge < -0.3 is 16.0 Å². The van der Waals surface area contributed by atoms with Gasteiger partial charge >= 0.3 is 0 Å². The molecule has 1 unspecified atom stereocenters. The predicted octanol–water partition coefficient (Wildman–Crippen LogP) is 2.88. The van der Waals surface area contributed by atoms with Crippen LogP contribution in [0.25, 0.3) is 0 Å². The van der Waals surface area contributed by atoms with Gasteiger partial charge in [-0.15, -0.1) is 0 Å². The van der Waals surface area contributed by atoms with Crippen molar-refractivity contribution >= 4 is 23.2 Å². The average Bonchev–Trinajstić information content (AvgIpc) is 2.51. The SMILES string of the molecule is CN(C)C(CNC(=O)Cc1ccc(N)cc1)c1ccc(Cl)cc1. The number of hydrogen-bond donors (Lipinski definition) is 2. The number of benzene rings is 2. The van der Waals surface area contributed by atoms with Crippen molar-refractivity contribution in [3.8, 4) is 0 Å². The third kappa shape index (κ3) is 5.27. The number of nitrogen functional groups attached to an aromatic ring is 1. The Morgan fingerprint density at radius 2 is 1.74 bits per heavy atom. The molecule has 1 amide bonds. The van der Waals surface area contributed by atoms with E-state index in [-0.39, 0.29) is 11.9 Å². The van der Waals surface area contributed by atoms with Crippen molar-refractivity contribution < 1.29 is 4.79 Å². The predicted molar refractivity (Wildman–Crippen MR) is 95.4 cm³/mol. The molecule has 4 nitrogen and oxygen atoms in total. The molecule has 1 atom stereocenters. The molecular formula is C18H22ClN3O. The number of nitrogens with two attached hydrogens (primary N) is 1. The van der Waals surface area contributed by atoms with Crippen LogP contribution < -0.4 is 11.1 Å². The van der Waals surface area contributed by atoms with Gasteiger partial charge in [-0.2, -0.15) is 0 Å². The van der Waals surface area contributed by atoms with Crippen molar-refractivity contribution in [3.63, 3.8) is 0 Å². The Morgan fingerprint density at radius 1 is 1.13 bits per heavy atom. The Kier molecular flexibility index (Phi) is 6.02. The van der Waals surface area contributed by atoms with Crippen LogP contribution in [0, 0.1) is 0 Å². The summed E-state index contributed by atoms with van der Waals surface area (Å²) in [5.74, 6) is -0.00409. The first-order valence-electron chi connectivity index (χ1n) is 7.48. The molecule has 122 valence electrons. The van der Waals surface area contributed by atoms with Gasteiger partial charge in [-0.25, -0.2) is 0 Å². The van der Waals surface area contributed by atoms with Gasteiger partial charge in [0.25, 0.3) is 0 Å². The molecule has 0 aliphatic heterocycles. The molecule has 2 rings (SSSR count). The fraction of sp³-hybridized carbons (Fsp3) is 0.278. The van der Waals surface area contributed by atoms with E-state index in [9.17, 15) is 4.79 Å². The van der Waals surface area contributed by atoms with E-state index in [2.05, 4.69) is 10.2 Å². The lowest BCUT2D eigenvalue weighted by Gasteiger charge is -2.25. The molecule has 0 aliphatic carbocycles. The number of carbonyl (C=O) groups is 1. The first-order valence-corrected chi connectivity index (χ1v) is 7.86. The molecule has 3 N–H and O–H groups in total. The van der Waals surface area contributed by atoms with Crippen LogP contribution in [0.1, 0.15) is 17.2 Å². The summed E-state index contributed by atoms with van der Waals surface area (Å²) in [5, 5.41) is 3.70. The minimum absolute atomic E-state index is 0.00409. The number of nitrogens with one attached hydrogen (secondary N) is 1. The number of nitrogens with zero attached hydrogens (tertiary/aromatic N) is 1. The summed E-state index contributed by atoms with van der Waals surface area (Å²) in [6.07, 6.45) is 0.348. The zero-order valence-corrected chi connectivity index (χ0v) is 14.2. The minimum atomic E-state index is -0.00409. The minimum Gasteiger partial charge on any atom is -0.399 e. The van der Waals surface area contributed by atoms with Crippen LogP contribution in [0.3, 0.4) is 0 Å². The molecule has 0 spiro atoms. The molecule has 2 aromatic rings. The van der Waals surface area contributed by atoms with E-state index in [1.807, 2.05) is 50.5 Å². The lowest BCUT2D eigenvalue weighted by atomic mass is 10.1. The van der Waals surface area contributed by atoms with E-state index < -0.39 is 0 Å². The maximum atomic E-state index is 12.1. The molecule has 0 heterocycles. The zero-order valence-electron chi connectivity index (χ0n) is 13.4. The number of hydrogen-bond acceptors (Lipinski definition) is 3. The molecule has 0 saturated heterocycles. The quantitative estimate of drug-likeness (QED) is 0.800. The van der Waals surface area contributed by atoms with Crippen LogP contribution >= 0.6 is 11.6 Å².